The Bertz CT molecular complexity index is 626. The number of pyridine rings is 1. The highest BCUT2D eigenvalue weighted by molar-refractivity contribution is 9.10. The normalized spacial score (nSPS) is 12.3. The summed E-state index contributed by atoms with van der Waals surface area (Å²) < 4.78 is 14.6. The maximum Gasteiger partial charge on any atom is 0.154 e. The van der Waals surface area contributed by atoms with E-state index < -0.39 is 0 Å². The summed E-state index contributed by atoms with van der Waals surface area (Å²) in [5.41, 5.74) is 2.07. The molecule has 2 nitrogen and oxygen atoms in total. The maximum atomic E-state index is 13.9. The fraction of sp³-hybridized carbons (Fsp3) is 0.214. The number of nitrogens with zero attached hydrogens (tertiary/aromatic N) is 1. The van der Waals surface area contributed by atoms with Crippen molar-refractivity contribution in [3.05, 3.63) is 56.0 Å². The van der Waals surface area contributed by atoms with Crippen molar-refractivity contribution in [3.63, 3.8) is 0 Å². The second kappa shape index (κ2) is 6.29. The summed E-state index contributed by atoms with van der Waals surface area (Å²) >= 11 is 15.1. The Morgan fingerprint density at radius 2 is 2.00 bits per heavy atom. The Kier molecular flexibility index (Phi) is 4.89. The second-order valence-electron chi connectivity index (χ2n) is 4.46. The Balaban J connectivity index is 2.30. The molecule has 0 fully saturated rings. The first kappa shape index (κ1) is 15.5. The molecule has 0 saturated heterocycles. The molecule has 1 N–H and O–H groups in total. The zero-order valence-electron chi connectivity index (χ0n) is 10.8. The number of aryl methyl sites for hydroxylation is 1. The van der Waals surface area contributed by atoms with Gasteiger partial charge < -0.3 is 5.32 Å². The van der Waals surface area contributed by atoms with Crippen LogP contribution in [0.1, 0.15) is 24.1 Å². The smallest absolute Gasteiger partial charge is 0.154 e. The average Bonchev–Trinajstić information content (AvgIpc) is 2.33. The Hall–Kier alpha value is -0.840. The molecule has 0 aliphatic carbocycles. The molecule has 2 aromatic rings. The van der Waals surface area contributed by atoms with Crippen LogP contribution in [0.3, 0.4) is 0 Å². The quantitative estimate of drug-likeness (QED) is 0.686. The summed E-state index contributed by atoms with van der Waals surface area (Å²) in [6, 6.07) is 6.42. The van der Waals surface area contributed by atoms with Crippen molar-refractivity contribution in [2.45, 2.75) is 19.9 Å². The van der Waals surface area contributed by atoms with Gasteiger partial charge in [-0.3, -0.25) is 0 Å². The van der Waals surface area contributed by atoms with Gasteiger partial charge in [0.25, 0.3) is 0 Å². The van der Waals surface area contributed by atoms with Crippen LogP contribution >= 0.6 is 39.1 Å². The fourth-order valence-corrected chi connectivity index (χ4v) is 2.84. The van der Waals surface area contributed by atoms with Gasteiger partial charge >= 0.3 is 0 Å². The number of nitrogens with one attached hydrogen (secondary N) is 1. The minimum absolute atomic E-state index is 0.248. The number of aromatic nitrogens is 1. The van der Waals surface area contributed by atoms with Crippen molar-refractivity contribution >= 4 is 44.8 Å². The van der Waals surface area contributed by atoms with Crippen molar-refractivity contribution in [2.75, 3.05) is 5.32 Å². The highest BCUT2D eigenvalue weighted by Crippen LogP contribution is 2.31. The zero-order valence-corrected chi connectivity index (χ0v) is 13.9. The number of rotatable bonds is 3. The van der Waals surface area contributed by atoms with E-state index in [9.17, 15) is 4.39 Å². The fourth-order valence-electron chi connectivity index (χ4n) is 1.92. The van der Waals surface area contributed by atoms with Gasteiger partial charge in [-0.15, -0.1) is 0 Å². The molecular weight excluding hydrogens is 366 g/mol. The van der Waals surface area contributed by atoms with E-state index in [0.29, 0.717) is 20.9 Å². The second-order valence-corrected chi connectivity index (χ2v) is 6.12. The molecule has 2 rings (SSSR count). The first-order valence-corrected chi connectivity index (χ1v) is 7.47. The first-order valence-electron chi connectivity index (χ1n) is 5.92. The lowest BCUT2D eigenvalue weighted by atomic mass is 10.1. The summed E-state index contributed by atoms with van der Waals surface area (Å²) in [6.07, 6.45) is 0. The number of hydrogen-bond donors (Lipinski definition) is 1. The maximum absolute atomic E-state index is 13.9. The van der Waals surface area contributed by atoms with Gasteiger partial charge in [0.15, 0.2) is 5.15 Å². The third-order valence-electron chi connectivity index (χ3n) is 2.93. The Morgan fingerprint density at radius 3 is 2.60 bits per heavy atom. The van der Waals surface area contributed by atoms with Gasteiger partial charge in [-0.2, -0.15) is 0 Å². The van der Waals surface area contributed by atoms with Gasteiger partial charge in [-0.25, -0.2) is 9.37 Å². The third-order valence-corrected chi connectivity index (χ3v) is 3.89. The average molecular weight is 378 g/mol. The molecule has 0 amide bonds. The SMILES string of the molecule is Cc1cc(Cl)nc(Cl)c1NC(C)c1ccc(Br)cc1F. The van der Waals surface area contributed by atoms with Crippen LogP contribution in [-0.2, 0) is 0 Å². The van der Waals surface area contributed by atoms with Gasteiger partial charge in [0.2, 0.25) is 0 Å². The molecule has 1 aromatic heterocycles. The highest BCUT2D eigenvalue weighted by Gasteiger charge is 2.15. The molecule has 0 bridgehead atoms. The number of benzene rings is 1. The molecule has 1 aromatic carbocycles. The summed E-state index contributed by atoms with van der Waals surface area (Å²) in [6.45, 7) is 3.73. The summed E-state index contributed by atoms with van der Waals surface area (Å²) in [7, 11) is 0. The molecule has 1 unspecified atom stereocenters. The minimum atomic E-state index is -0.282. The van der Waals surface area contributed by atoms with E-state index in [1.807, 2.05) is 13.8 Å². The van der Waals surface area contributed by atoms with Crippen LogP contribution in [0, 0.1) is 12.7 Å². The van der Waals surface area contributed by atoms with Gasteiger partial charge in [0.05, 0.1) is 11.7 Å². The monoisotopic (exact) mass is 376 g/mol. The molecule has 0 aliphatic heterocycles. The minimum Gasteiger partial charge on any atom is -0.376 e. The van der Waals surface area contributed by atoms with Crippen LogP contribution in [0.4, 0.5) is 10.1 Å². The Morgan fingerprint density at radius 1 is 1.30 bits per heavy atom. The molecular formula is C14H12BrCl2FN2. The molecule has 0 spiro atoms. The summed E-state index contributed by atoms with van der Waals surface area (Å²) in [4.78, 5) is 3.98. The van der Waals surface area contributed by atoms with E-state index in [-0.39, 0.29) is 17.0 Å². The van der Waals surface area contributed by atoms with Gasteiger partial charge in [0, 0.05) is 10.0 Å². The lowest BCUT2D eigenvalue weighted by Crippen LogP contribution is -2.10. The molecule has 1 heterocycles. The van der Waals surface area contributed by atoms with Crippen molar-refractivity contribution in [1.29, 1.82) is 0 Å². The van der Waals surface area contributed by atoms with Gasteiger partial charge in [-0.05, 0) is 37.6 Å². The Labute approximate surface area is 135 Å². The summed E-state index contributed by atoms with van der Waals surface area (Å²) in [5, 5.41) is 3.78. The number of hydrogen-bond acceptors (Lipinski definition) is 2. The van der Waals surface area contributed by atoms with E-state index in [4.69, 9.17) is 23.2 Å². The first-order chi connectivity index (χ1) is 9.38. The van der Waals surface area contributed by atoms with Crippen LogP contribution in [0.15, 0.2) is 28.7 Å². The van der Waals surface area contributed by atoms with Crippen molar-refractivity contribution in [3.8, 4) is 0 Å². The van der Waals surface area contributed by atoms with E-state index in [1.165, 1.54) is 6.07 Å². The largest absolute Gasteiger partial charge is 0.376 e. The lowest BCUT2D eigenvalue weighted by molar-refractivity contribution is 0.599. The molecule has 20 heavy (non-hydrogen) atoms. The van der Waals surface area contributed by atoms with Crippen LogP contribution in [0.25, 0.3) is 0 Å². The molecule has 1 atom stereocenters. The van der Waals surface area contributed by atoms with Gasteiger partial charge in [0.1, 0.15) is 11.0 Å². The molecule has 106 valence electrons. The zero-order chi connectivity index (χ0) is 14.9. The van der Waals surface area contributed by atoms with E-state index in [2.05, 4.69) is 26.2 Å². The predicted octanol–water partition coefficient (Wildman–Crippen LogP) is 5.77. The van der Waals surface area contributed by atoms with Crippen molar-refractivity contribution in [1.82, 2.24) is 4.98 Å². The van der Waals surface area contributed by atoms with Crippen molar-refractivity contribution < 1.29 is 4.39 Å². The summed E-state index contributed by atoms with van der Waals surface area (Å²) in [5.74, 6) is -0.282. The van der Waals surface area contributed by atoms with Crippen LogP contribution in [-0.4, -0.2) is 4.98 Å². The topological polar surface area (TPSA) is 24.9 Å². The lowest BCUT2D eigenvalue weighted by Gasteiger charge is -2.19. The van der Waals surface area contributed by atoms with Crippen molar-refractivity contribution in [2.24, 2.45) is 0 Å². The van der Waals surface area contributed by atoms with Crippen LogP contribution in [0.2, 0.25) is 10.3 Å². The standard InChI is InChI=1S/C14H12BrCl2FN2/c1-7-5-12(16)20-14(17)13(7)19-8(2)10-4-3-9(15)6-11(10)18/h3-6,8,19H,1-2H3. The highest BCUT2D eigenvalue weighted by atomic mass is 79.9. The number of halogens is 4. The number of anilines is 1. The molecule has 6 heteroatoms. The van der Waals surface area contributed by atoms with E-state index in [0.717, 1.165) is 5.56 Å². The van der Waals surface area contributed by atoms with E-state index in [1.54, 1.807) is 18.2 Å². The molecule has 0 aliphatic rings. The van der Waals surface area contributed by atoms with Crippen LogP contribution < -0.4 is 5.32 Å². The molecule has 0 saturated carbocycles. The molecule has 0 radical (unpaired) electrons. The predicted molar refractivity (Wildman–Crippen MR) is 85.1 cm³/mol. The third kappa shape index (κ3) is 3.43. The van der Waals surface area contributed by atoms with Crippen LogP contribution in [0.5, 0.6) is 0 Å². The van der Waals surface area contributed by atoms with Gasteiger partial charge in [-0.1, -0.05) is 45.2 Å². The van der Waals surface area contributed by atoms with E-state index >= 15 is 0 Å².